The molecule has 5 nitrogen and oxygen atoms in total. The molecular weight excluding hydrogens is 322 g/mol. The van der Waals surface area contributed by atoms with Gasteiger partial charge >= 0.3 is 0 Å². The second-order valence-corrected chi connectivity index (χ2v) is 5.40. The molecule has 1 N–H and O–H groups in total. The maximum Gasteiger partial charge on any atom is 0.264 e. The Hall–Kier alpha value is -1.40. The average Bonchev–Trinajstić information content (AvgIpc) is 2.86. The molecule has 2 aromatic rings. The predicted octanol–water partition coefficient (Wildman–Crippen LogP) is 3.00. The number of halogens is 1. The summed E-state index contributed by atoms with van der Waals surface area (Å²) in [5, 5.41) is 6.99. The molecule has 20 heavy (non-hydrogen) atoms. The summed E-state index contributed by atoms with van der Waals surface area (Å²) in [6, 6.07) is 4.07. The van der Waals surface area contributed by atoms with Gasteiger partial charge in [-0.2, -0.15) is 4.98 Å². The van der Waals surface area contributed by atoms with Crippen LogP contribution < -0.4 is 10.1 Å². The van der Waals surface area contributed by atoms with Gasteiger partial charge < -0.3 is 14.6 Å². The normalized spacial score (nSPS) is 10.8. The summed E-state index contributed by atoms with van der Waals surface area (Å²) in [4.78, 5) is 4.24. The summed E-state index contributed by atoms with van der Waals surface area (Å²) in [5.74, 6) is 2.06. The van der Waals surface area contributed by atoms with Gasteiger partial charge in [0.1, 0.15) is 5.75 Å². The standard InChI is InChI=1S/C14H18BrN3O2/c1-4-12-17-13(20-18-12)8-19-14-9(2)5-11(15)6-10(14)7-16-3/h5-6,16H,4,7-8H2,1-3H3. The van der Waals surface area contributed by atoms with Crippen molar-refractivity contribution >= 4 is 15.9 Å². The second kappa shape index (κ2) is 6.85. The van der Waals surface area contributed by atoms with Crippen LogP contribution in [0.25, 0.3) is 0 Å². The van der Waals surface area contributed by atoms with Crippen molar-refractivity contribution < 1.29 is 9.26 Å². The van der Waals surface area contributed by atoms with Crippen LogP contribution in [0.2, 0.25) is 0 Å². The van der Waals surface area contributed by atoms with Gasteiger partial charge in [-0.15, -0.1) is 0 Å². The van der Waals surface area contributed by atoms with Crippen LogP contribution >= 0.6 is 15.9 Å². The van der Waals surface area contributed by atoms with Crippen LogP contribution in [0.4, 0.5) is 0 Å². The summed E-state index contributed by atoms with van der Waals surface area (Å²) in [7, 11) is 1.91. The molecule has 0 aliphatic heterocycles. The second-order valence-electron chi connectivity index (χ2n) is 4.49. The molecule has 6 heteroatoms. The number of ether oxygens (including phenoxy) is 1. The summed E-state index contributed by atoms with van der Waals surface area (Å²) in [6.07, 6.45) is 0.756. The van der Waals surface area contributed by atoms with E-state index in [0.717, 1.165) is 34.3 Å². The van der Waals surface area contributed by atoms with Gasteiger partial charge in [-0.25, -0.2) is 0 Å². The molecule has 0 aliphatic rings. The Labute approximate surface area is 126 Å². The fourth-order valence-corrected chi connectivity index (χ4v) is 2.57. The van der Waals surface area contributed by atoms with E-state index < -0.39 is 0 Å². The van der Waals surface area contributed by atoms with Crippen molar-refractivity contribution in [1.29, 1.82) is 0 Å². The highest BCUT2D eigenvalue weighted by atomic mass is 79.9. The van der Waals surface area contributed by atoms with Crippen LogP contribution in [0.1, 0.15) is 29.8 Å². The molecule has 1 aromatic carbocycles. The molecule has 0 unspecified atom stereocenters. The van der Waals surface area contributed by atoms with E-state index in [1.165, 1.54) is 0 Å². The number of nitrogens with zero attached hydrogens (tertiary/aromatic N) is 2. The van der Waals surface area contributed by atoms with Crippen molar-refractivity contribution in [2.45, 2.75) is 33.4 Å². The number of aryl methyl sites for hydroxylation is 2. The highest BCUT2D eigenvalue weighted by Crippen LogP contribution is 2.28. The molecule has 0 spiro atoms. The molecule has 108 valence electrons. The molecule has 0 atom stereocenters. The molecule has 1 heterocycles. The number of hydrogen-bond acceptors (Lipinski definition) is 5. The van der Waals surface area contributed by atoms with E-state index in [1.807, 2.05) is 33.0 Å². The number of rotatable bonds is 6. The number of aromatic nitrogens is 2. The van der Waals surface area contributed by atoms with E-state index in [0.29, 0.717) is 11.7 Å². The third kappa shape index (κ3) is 3.58. The Bertz CT molecular complexity index is 584. The van der Waals surface area contributed by atoms with Crippen LogP contribution in [0.3, 0.4) is 0 Å². The van der Waals surface area contributed by atoms with Gasteiger partial charge in [0.15, 0.2) is 12.4 Å². The molecule has 0 amide bonds. The third-order valence-corrected chi connectivity index (χ3v) is 3.31. The highest BCUT2D eigenvalue weighted by molar-refractivity contribution is 9.10. The van der Waals surface area contributed by atoms with Gasteiger partial charge in [-0.05, 0) is 31.7 Å². The highest BCUT2D eigenvalue weighted by Gasteiger charge is 2.11. The average molecular weight is 340 g/mol. The molecule has 1 aromatic heterocycles. The monoisotopic (exact) mass is 339 g/mol. The SMILES string of the molecule is CCc1noc(COc2c(C)cc(Br)cc2CNC)n1. The third-order valence-electron chi connectivity index (χ3n) is 2.85. The zero-order valence-corrected chi connectivity index (χ0v) is 13.5. The fraction of sp³-hybridized carbons (Fsp3) is 0.429. The van der Waals surface area contributed by atoms with Crippen LogP contribution in [0.15, 0.2) is 21.1 Å². The predicted molar refractivity (Wildman–Crippen MR) is 79.7 cm³/mol. The molecule has 0 fully saturated rings. The lowest BCUT2D eigenvalue weighted by molar-refractivity contribution is 0.239. The quantitative estimate of drug-likeness (QED) is 0.876. The maximum absolute atomic E-state index is 5.86. The number of hydrogen-bond donors (Lipinski definition) is 1. The van der Waals surface area contributed by atoms with Crippen LogP contribution in [-0.2, 0) is 19.6 Å². The maximum atomic E-state index is 5.86. The van der Waals surface area contributed by atoms with Gasteiger partial charge in [0.25, 0.3) is 5.89 Å². The van der Waals surface area contributed by atoms with Crippen molar-refractivity contribution in [1.82, 2.24) is 15.5 Å². The first-order valence-electron chi connectivity index (χ1n) is 6.52. The van der Waals surface area contributed by atoms with Gasteiger partial charge in [0.2, 0.25) is 0 Å². The van der Waals surface area contributed by atoms with Crippen LogP contribution in [-0.4, -0.2) is 17.2 Å². The molecule has 0 saturated heterocycles. The molecule has 2 rings (SSSR count). The summed E-state index contributed by atoms with van der Waals surface area (Å²) in [5.41, 5.74) is 2.16. The molecule has 0 bridgehead atoms. The Balaban J connectivity index is 2.15. The van der Waals surface area contributed by atoms with Crippen molar-refractivity contribution in [3.05, 3.63) is 39.4 Å². The van der Waals surface area contributed by atoms with Gasteiger partial charge in [0, 0.05) is 23.0 Å². The van der Waals surface area contributed by atoms with Gasteiger partial charge in [0.05, 0.1) is 0 Å². The van der Waals surface area contributed by atoms with Crippen molar-refractivity contribution in [2.24, 2.45) is 0 Å². The minimum absolute atomic E-state index is 0.284. The molecular formula is C14H18BrN3O2. The smallest absolute Gasteiger partial charge is 0.264 e. The van der Waals surface area contributed by atoms with E-state index >= 15 is 0 Å². The first-order valence-corrected chi connectivity index (χ1v) is 7.31. The lowest BCUT2D eigenvalue weighted by Crippen LogP contribution is -2.09. The van der Waals surface area contributed by atoms with E-state index in [2.05, 4.69) is 31.4 Å². The molecule has 0 aliphatic carbocycles. The topological polar surface area (TPSA) is 60.2 Å². The minimum Gasteiger partial charge on any atom is -0.483 e. The van der Waals surface area contributed by atoms with Gasteiger partial charge in [-0.3, -0.25) is 0 Å². The molecule has 0 radical (unpaired) electrons. The number of benzene rings is 1. The van der Waals surface area contributed by atoms with E-state index in [-0.39, 0.29) is 6.61 Å². The zero-order valence-electron chi connectivity index (χ0n) is 11.9. The first kappa shape index (κ1) is 15.0. The lowest BCUT2D eigenvalue weighted by Gasteiger charge is -2.13. The number of nitrogens with one attached hydrogen (secondary N) is 1. The summed E-state index contributed by atoms with van der Waals surface area (Å²) in [6.45, 7) is 5.02. The van der Waals surface area contributed by atoms with Gasteiger partial charge in [-0.1, -0.05) is 28.0 Å². The fourth-order valence-electron chi connectivity index (χ4n) is 1.95. The Morgan fingerprint density at radius 2 is 2.20 bits per heavy atom. The lowest BCUT2D eigenvalue weighted by atomic mass is 10.1. The van der Waals surface area contributed by atoms with Crippen LogP contribution in [0.5, 0.6) is 5.75 Å². The zero-order chi connectivity index (χ0) is 14.5. The Kier molecular flexibility index (Phi) is 5.14. The van der Waals surface area contributed by atoms with E-state index in [4.69, 9.17) is 9.26 Å². The largest absolute Gasteiger partial charge is 0.483 e. The van der Waals surface area contributed by atoms with E-state index in [9.17, 15) is 0 Å². The Morgan fingerprint density at radius 3 is 2.85 bits per heavy atom. The van der Waals surface area contributed by atoms with Crippen molar-refractivity contribution in [2.75, 3.05) is 7.05 Å². The van der Waals surface area contributed by atoms with E-state index in [1.54, 1.807) is 0 Å². The summed E-state index contributed by atoms with van der Waals surface area (Å²) >= 11 is 3.50. The first-order chi connectivity index (χ1) is 9.63. The molecule has 0 saturated carbocycles. The summed E-state index contributed by atoms with van der Waals surface area (Å²) < 4.78 is 12.0. The van der Waals surface area contributed by atoms with Crippen molar-refractivity contribution in [3.63, 3.8) is 0 Å². The Morgan fingerprint density at radius 1 is 1.40 bits per heavy atom. The van der Waals surface area contributed by atoms with Crippen molar-refractivity contribution in [3.8, 4) is 5.75 Å². The minimum atomic E-state index is 0.284. The van der Waals surface area contributed by atoms with Crippen LogP contribution in [0, 0.1) is 6.92 Å².